The Morgan fingerprint density at radius 2 is 2.00 bits per heavy atom. The van der Waals surface area contributed by atoms with Crippen molar-refractivity contribution in [1.29, 1.82) is 5.26 Å². The van der Waals surface area contributed by atoms with Gasteiger partial charge in [0, 0.05) is 19.0 Å². The summed E-state index contributed by atoms with van der Waals surface area (Å²) in [7, 11) is 3.14. The molecule has 0 amide bonds. The molecule has 0 radical (unpaired) electrons. The number of nitrogens with one attached hydrogen (secondary N) is 1. The van der Waals surface area contributed by atoms with E-state index in [1.54, 1.807) is 26.4 Å². The van der Waals surface area contributed by atoms with Crippen LogP contribution in [-0.4, -0.2) is 20.8 Å². The number of anilines is 1. The maximum atomic E-state index is 8.44. The van der Waals surface area contributed by atoms with Crippen LogP contribution in [0, 0.1) is 11.3 Å². The predicted molar refractivity (Wildman–Crippen MR) is 67.9 cm³/mol. The van der Waals surface area contributed by atoms with Gasteiger partial charge in [0.05, 0.1) is 31.0 Å². The first-order valence-corrected chi connectivity index (χ1v) is 5.63. The predicted octanol–water partition coefficient (Wildman–Crippen LogP) is 3.07. The lowest BCUT2D eigenvalue weighted by atomic mass is 10.2. The fourth-order valence-corrected chi connectivity index (χ4v) is 1.63. The second kappa shape index (κ2) is 6.87. The van der Waals surface area contributed by atoms with Crippen LogP contribution in [0.25, 0.3) is 0 Å². The van der Waals surface area contributed by atoms with Crippen LogP contribution in [0.15, 0.2) is 12.1 Å². The van der Waals surface area contributed by atoms with E-state index in [2.05, 4.69) is 11.4 Å². The van der Waals surface area contributed by atoms with Crippen LogP contribution in [-0.2, 0) is 0 Å². The van der Waals surface area contributed by atoms with E-state index in [1.165, 1.54) is 0 Å². The lowest BCUT2D eigenvalue weighted by molar-refractivity contribution is 0.395. The number of halogens is 1. The van der Waals surface area contributed by atoms with Crippen molar-refractivity contribution in [3.63, 3.8) is 0 Å². The molecule has 0 atom stereocenters. The molecule has 0 saturated heterocycles. The quantitative estimate of drug-likeness (QED) is 0.793. The molecule has 0 spiro atoms. The Bertz CT molecular complexity index is 416. The summed E-state index contributed by atoms with van der Waals surface area (Å²) >= 11 is 6.03. The van der Waals surface area contributed by atoms with Crippen molar-refractivity contribution >= 4 is 17.3 Å². The second-order valence-corrected chi connectivity index (χ2v) is 3.78. The maximum absolute atomic E-state index is 8.44. The van der Waals surface area contributed by atoms with Crippen molar-refractivity contribution < 1.29 is 9.47 Å². The van der Waals surface area contributed by atoms with Gasteiger partial charge in [0.15, 0.2) is 0 Å². The highest BCUT2D eigenvalue weighted by Crippen LogP contribution is 2.35. The lowest BCUT2D eigenvalue weighted by Crippen LogP contribution is -2.03. The van der Waals surface area contributed by atoms with Crippen molar-refractivity contribution in [2.24, 2.45) is 0 Å². The Balaban J connectivity index is 2.77. The molecular formula is C12H15ClN2O2. The fraction of sp³-hybridized carbons (Fsp3) is 0.417. The zero-order valence-corrected chi connectivity index (χ0v) is 10.7. The number of hydrogen-bond acceptors (Lipinski definition) is 4. The van der Waals surface area contributed by atoms with Crippen molar-refractivity contribution in [3.8, 4) is 17.6 Å². The number of nitrogens with zero attached hydrogens (tertiary/aromatic N) is 1. The van der Waals surface area contributed by atoms with Gasteiger partial charge in [-0.3, -0.25) is 0 Å². The molecule has 92 valence electrons. The number of nitriles is 1. The summed E-state index contributed by atoms with van der Waals surface area (Å²) in [6, 6.07) is 5.58. The third kappa shape index (κ3) is 3.72. The molecule has 0 fully saturated rings. The molecule has 0 aliphatic carbocycles. The molecule has 0 heterocycles. The van der Waals surface area contributed by atoms with Crippen LogP contribution >= 0.6 is 11.6 Å². The van der Waals surface area contributed by atoms with E-state index < -0.39 is 0 Å². The molecule has 4 nitrogen and oxygen atoms in total. The molecule has 0 bridgehead atoms. The van der Waals surface area contributed by atoms with Crippen molar-refractivity contribution in [1.82, 2.24) is 0 Å². The molecular weight excluding hydrogens is 240 g/mol. The van der Waals surface area contributed by atoms with Gasteiger partial charge >= 0.3 is 0 Å². The van der Waals surface area contributed by atoms with Crippen molar-refractivity contribution in [2.75, 3.05) is 26.1 Å². The summed E-state index contributed by atoms with van der Waals surface area (Å²) in [6.45, 7) is 0.701. The highest BCUT2D eigenvalue weighted by Gasteiger charge is 2.09. The van der Waals surface area contributed by atoms with E-state index in [0.717, 1.165) is 12.1 Å². The first-order chi connectivity index (χ1) is 8.22. The minimum Gasteiger partial charge on any atom is -0.495 e. The second-order valence-electron chi connectivity index (χ2n) is 3.38. The van der Waals surface area contributed by atoms with Crippen LogP contribution < -0.4 is 14.8 Å². The summed E-state index contributed by atoms with van der Waals surface area (Å²) in [5.41, 5.74) is 0.802. The van der Waals surface area contributed by atoms with E-state index in [4.69, 9.17) is 26.3 Å². The van der Waals surface area contributed by atoms with Gasteiger partial charge in [-0.05, 0) is 12.5 Å². The van der Waals surface area contributed by atoms with Gasteiger partial charge in [-0.1, -0.05) is 11.6 Å². The van der Waals surface area contributed by atoms with E-state index in [0.29, 0.717) is 29.5 Å². The van der Waals surface area contributed by atoms with E-state index in [1.807, 2.05) is 0 Å². The Labute approximate surface area is 106 Å². The van der Waals surface area contributed by atoms with Gasteiger partial charge < -0.3 is 14.8 Å². The van der Waals surface area contributed by atoms with Gasteiger partial charge in [0.1, 0.15) is 11.5 Å². The fourth-order valence-electron chi connectivity index (χ4n) is 1.39. The third-order valence-electron chi connectivity index (χ3n) is 2.25. The average Bonchev–Trinajstić information content (AvgIpc) is 2.35. The van der Waals surface area contributed by atoms with E-state index in [9.17, 15) is 0 Å². The smallest absolute Gasteiger partial charge is 0.145 e. The monoisotopic (exact) mass is 254 g/mol. The molecule has 1 N–H and O–H groups in total. The molecule has 1 rings (SSSR count). The Kier molecular flexibility index (Phi) is 5.44. The molecule has 0 aliphatic rings. The van der Waals surface area contributed by atoms with Crippen molar-refractivity contribution in [2.45, 2.75) is 12.8 Å². The van der Waals surface area contributed by atoms with Gasteiger partial charge in [-0.25, -0.2) is 0 Å². The highest BCUT2D eigenvalue weighted by molar-refractivity contribution is 6.32. The van der Waals surface area contributed by atoms with Gasteiger partial charge in [0.25, 0.3) is 0 Å². The first kappa shape index (κ1) is 13.5. The van der Waals surface area contributed by atoms with Crippen LogP contribution in [0.3, 0.4) is 0 Å². The molecule has 0 aliphatic heterocycles. The Morgan fingerprint density at radius 1 is 1.29 bits per heavy atom. The topological polar surface area (TPSA) is 54.3 Å². The van der Waals surface area contributed by atoms with Crippen molar-refractivity contribution in [3.05, 3.63) is 17.2 Å². The van der Waals surface area contributed by atoms with Crippen LogP contribution in [0.4, 0.5) is 5.69 Å². The number of benzene rings is 1. The molecule has 0 saturated carbocycles. The summed E-state index contributed by atoms with van der Waals surface area (Å²) in [5, 5.41) is 12.1. The zero-order valence-electron chi connectivity index (χ0n) is 9.92. The normalized spacial score (nSPS) is 9.53. The summed E-state index contributed by atoms with van der Waals surface area (Å²) in [4.78, 5) is 0. The molecule has 1 aromatic carbocycles. The molecule has 0 aromatic heterocycles. The van der Waals surface area contributed by atoms with Gasteiger partial charge in [-0.2, -0.15) is 5.26 Å². The molecule has 0 unspecified atom stereocenters. The number of rotatable bonds is 6. The lowest BCUT2D eigenvalue weighted by Gasteiger charge is -2.13. The zero-order chi connectivity index (χ0) is 12.7. The van der Waals surface area contributed by atoms with Gasteiger partial charge in [-0.15, -0.1) is 0 Å². The summed E-state index contributed by atoms with van der Waals surface area (Å²) in [6.07, 6.45) is 1.31. The number of hydrogen-bond donors (Lipinski definition) is 1. The number of ether oxygens (including phenoxy) is 2. The van der Waals surface area contributed by atoms with Crippen LogP contribution in [0.2, 0.25) is 5.02 Å². The Morgan fingerprint density at radius 3 is 2.59 bits per heavy atom. The average molecular weight is 255 g/mol. The number of unbranched alkanes of at least 4 members (excludes halogenated alkanes) is 1. The summed E-state index contributed by atoms with van der Waals surface area (Å²) < 4.78 is 10.3. The molecule has 5 heteroatoms. The van der Waals surface area contributed by atoms with Crippen LogP contribution in [0.1, 0.15) is 12.8 Å². The largest absolute Gasteiger partial charge is 0.495 e. The standard InChI is InChI=1S/C12H15ClN2O2/c1-16-11-8-12(17-2)10(7-9(11)13)15-6-4-3-5-14/h7-8,15H,3-4,6H2,1-2H3. The SMILES string of the molecule is COc1cc(OC)c(NCCCC#N)cc1Cl. The number of methoxy groups -OCH3 is 2. The minimum atomic E-state index is 0.524. The van der Waals surface area contributed by atoms with E-state index in [-0.39, 0.29) is 0 Å². The minimum absolute atomic E-state index is 0.524. The highest BCUT2D eigenvalue weighted by atomic mass is 35.5. The molecule has 1 aromatic rings. The third-order valence-corrected chi connectivity index (χ3v) is 2.55. The summed E-state index contributed by atoms with van der Waals surface area (Å²) in [5.74, 6) is 1.24. The Hall–Kier alpha value is -1.60. The van der Waals surface area contributed by atoms with E-state index >= 15 is 0 Å². The first-order valence-electron chi connectivity index (χ1n) is 5.25. The maximum Gasteiger partial charge on any atom is 0.145 e. The molecule has 17 heavy (non-hydrogen) atoms. The van der Waals surface area contributed by atoms with Gasteiger partial charge in [0.2, 0.25) is 0 Å². The van der Waals surface area contributed by atoms with Crippen LogP contribution in [0.5, 0.6) is 11.5 Å².